The Bertz CT molecular complexity index is 409. The average molecular weight is 263 g/mol. The van der Waals surface area contributed by atoms with Crippen LogP contribution in [0.3, 0.4) is 0 Å². The van der Waals surface area contributed by atoms with Crippen molar-refractivity contribution in [2.24, 2.45) is 0 Å². The van der Waals surface area contributed by atoms with Crippen molar-refractivity contribution < 1.29 is 0 Å². The molecule has 0 unspecified atom stereocenters. The van der Waals surface area contributed by atoms with E-state index in [1.54, 1.807) is 0 Å². The van der Waals surface area contributed by atoms with Crippen molar-refractivity contribution in [2.75, 3.05) is 37.1 Å². The highest BCUT2D eigenvalue weighted by Gasteiger charge is 2.20. The highest BCUT2D eigenvalue weighted by molar-refractivity contribution is 8.32. The van der Waals surface area contributed by atoms with E-state index in [4.69, 9.17) is 0 Å². The summed E-state index contributed by atoms with van der Waals surface area (Å²) >= 11 is 0. The lowest BCUT2D eigenvalue weighted by Crippen LogP contribution is -2.37. The first-order valence-corrected chi connectivity index (χ1v) is 9.41. The minimum absolute atomic E-state index is 0.279. The van der Waals surface area contributed by atoms with Crippen LogP contribution in [0.5, 0.6) is 0 Å². The fraction of sp³-hybridized carbons (Fsp3) is 0.500. The molecule has 1 aromatic carbocycles. The molecule has 1 fully saturated rings. The second-order valence-electron chi connectivity index (χ2n) is 5.93. The van der Waals surface area contributed by atoms with Crippen LogP contribution in [0.4, 0.5) is 0 Å². The molecule has 1 nitrogen and oxygen atoms in total. The van der Waals surface area contributed by atoms with Crippen LogP contribution in [0.2, 0.25) is 0 Å². The lowest BCUT2D eigenvalue weighted by Gasteiger charge is -2.41. The SMILES string of the molecule is C=C(C)c1ccc(CN2CCS(C)(C)CC2)cc1. The van der Waals surface area contributed by atoms with E-state index >= 15 is 0 Å². The maximum absolute atomic E-state index is 3.98. The van der Waals surface area contributed by atoms with Gasteiger partial charge >= 0.3 is 0 Å². The molecule has 18 heavy (non-hydrogen) atoms. The molecule has 1 aromatic rings. The lowest BCUT2D eigenvalue weighted by atomic mass is 10.1. The van der Waals surface area contributed by atoms with Gasteiger partial charge in [-0.3, -0.25) is 4.90 Å². The molecule has 0 bridgehead atoms. The van der Waals surface area contributed by atoms with Crippen LogP contribution in [-0.2, 0) is 6.54 Å². The highest BCUT2D eigenvalue weighted by atomic mass is 32.3. The average Bonchev–Trinajstić information content (AvgIpc) is 2.33. The molecule has 1 aliphatic heterocycles. The second-order valence-corrected chi connectivity index (χ2v) is 10.3. The van der Waals surface area contributed by atoms with Crippen LogP contribution in [0.1, 0.15) is 18.1 Å². The molecule has 2 rings (SSSR count). The molecule has 1 saturated heterocycles. The Balaban J connectivity index is 1.92. The molecule has 1 heterocycles. The van der Waals surface area contributed by atoms with Crippen molar-refractivity contribution >= 4 is 15.6 Å². The van der Waals surface area contributed by atoms with Crippen molar-refractivity contribution in [2.45, 2.75) is 13.5 Å². The first-order chi connectivity index (χ1) is 8.46. The number of hydrogen-bond acceptors (Lipinski definition) is 1. The smallest absolute Gasteiger partial charge is 0.0234 e. The fourth-order valence-corrected chi connectivity index (χ4v) is 3.99. The molecule has 0 spiro atoms. The summed E-state index contributed by atoms with van der Waals surface area (Å²) in [6.07, 6.45) is 4.93. The van der Waals surface area contributed by atoms with E-state index in [0.717, 1.165) is 12.1 Å². The van der Waals surface area contributed by atoms with E-state index in [-0.39, 0.29) is 10.0 Å². The van der Waals surface area contributed by atoms with E-state index in [0.29, 0.717) is 0 Å². The minimum atomic E-state index is -0.279. The second kappa shape index (κ2) is 5.50. The van der Waals surface area contributed by atoms with Crippen LogP contribution in [-0.4, -0.2) is 42.0 Å². The molecule has 0 aromatic heterocycles. The molecule has 100 valence electrons. The van der Waals surface area contributed by atoms with Gasteiger partial charge in [-0.2, -0.15) is 0 Å². The van der Waals surface area contributed by atoms with E-state index in [1.165, 1.54) is 35.7 Å². The van der Waals surface area contributed by atoms with Gasteiger partial charge in [0.1, 0.15) is 0 Å². The number of benzene rings is 1. The zero-order chi connectivity index (χ0) is 13.2. The summed E-state index contributed by atoms with van der Waals surface area (Å²) in [6, 6.07) is 8.88. The molecular weight excluding hydrogens is 238 g/mol. The Morgan fingerprint density at radius 3 is 2.22 bits per heavy atom. The summed E-state index contributed by atoms with van der Waals surface area (Å²) < 4.78 is 0. The summed E-state index contributed by atoms with van der Waals surface area (Å²) in [5, 5.41) is 0. The van der Waals surface area contributed by atoms with Crippen LogP contribution >= 0.6 is 10.0 Å². The number of nitrogens with zero attached hydrogens (tertiary/aromatic N) is 1. The fourth-order valence-electron chi connectivity index (χ4n) is 2.28. The van der Waals surface area contributed by atoms with Crippen molar-refractivity contribution in [1.29, 1.82) is 0 Å². The summed E-state index contributed by atoms with van der Waals surface area (Å²) in [5.41, 5.74) is 3.82. The first kappa shape index (κ1) is 13.7. The Morgan fingerprint density at radius 2 is 1.72 bits per heavy atom. The number of hydrogen-bond donors (Lipinski definition) is 0. The topological polar surface area (TPSA) is 3.24 Å². The zero-order valence-electron chi connectivity index (χ0n) is 11.9. The molecule has 1 aliphatic rings. The van der Waals surface area contributed by atoms with Crippen LogP contribution < -0.4 is 0 Å². The lowest BCUT2D eigenvalue weighted by molar-refractivity contribution is 0.293. The Morgan fingerprint density at radius 1 is 1.17 bits per heavy atom. The molecule has 0 N–H and O–H groups in total. The monoisotopic (exact) mass is 263 g/mol. The predicted molar refractivity (Wildman–Crippen MR) is 85.6 cm³/mol. The third kappa shape index (κ3) is 3.63. The van der Waals surface area contributed by atoms with E-state index < -0.39 is 0 Å². The molecule has 0 aliphatic carbocycles. The van der Waals surface area contributed by atoms with Gasteiger partial charge < -0.3 is 0 Å². The maximum Gasteiger partial charge on any atom is 0.0234 e. The third-order valence-corrected chi connectivity index (χ3v) is 6.35. The van der Waals surface area contributed by atoms with E-state index in [2.05, 4.69) is 55.2 Å². The molecule has 2 heteroatoms. The molecule has 0 atom stereocenters. The van der Waals surface area contributed by atoms with E-state index in [9.17, 15) is 0 Å². The largest absolute Gasteiger partial charge is 0.298 e. The Labute approximate surface area is 113 Å². The van der Waals surface area contributed by atoms with Gasteiger partial charge in [0.15, 0.2) is 0 Å². The molecule has 0 saturated carbocycles. The minimum Gasteiger partial charge on any atom is -0.298 e. The molecule has 0 amide bonds. The summed E-state index contributed by atoms with van der Waals surface area (Å²) in [5.74, 6) is 2.80. The Hall–Kier alpha value is -0.730. The van der Waals surface area contributed by atoms with Crippen molar-refractivity contribution in [3.63, 3.8) is 0 Å². The van der Waals surface area contributed by atoms with E-state index in [1.807, 2.05) is 0 Å². The number of allylic oxidation sites excluding steroid dienone is 1. The summed E-state index contributed by atoms with van der Waals surface area (Å²) in [7, 11) is -0.279. The van der Waals surface area contributed by atoms with Crippen LogP contribution in [0.25, 0.3) is 5.57 Å². The van der Waals surface area contributed by atoms with Crippen LogP contribution in [0.15, 0.2) is 30.8 Å². The quantitative estimate of drug-likeness (QED) is 0.805. The standard InChI is InChI=1S/C16H25NS/c1-14(2)16-7-5-15(6-8-16)13-17-9-11-18(3,4)12-10-17/h5-8H,1,9-13H2,2-4H3. The van der Waals surface area contributed by atoms with Gasteiger partial charge in [-0.15, -0.1) is 0 Å². The van der Waals surface area contributed by atoms with Crippen molar-refractivity contribution in [3.8, 4) is 0 Å². The van der Waals surface area contributed by atoms with Gasteiger partial charge in [0.2, 0.25) is 0 Å². The van der Waals surface area contributed by atoms with Gasteiger partial charge in [-0.1, -0.05) is 36.4 Å². The van der Waals surface area contributed by atoms with Gasteiger partial charge in [0, 0.05) is 19.6 Å². The maximum atomic E-state index is 3.98. The first-order valence-electron chi connectivity index (χ1n) is 6.62. The highest BCUT2D eigenvalue weighted by Crippen LogP contribution is 2.41. The molecular formula is C16H25NS. The van der Waals surface area contributed by atoms with Crippen LogP contribution in [0, 0.1) is 0 Å². The summed E-state index contributed by atoms with van der Waals surface area (Å²) in [4.78, 5) is 2.59. The van der Waals surface area contributed by atoms with Gasteiger partial charge in [-0.25, -0.2) is 10.0 Å². The van der Waals surface area contributed by atoms with Gasteiger partial charge in [0.05, 0.1) is 0 Å². The molecule has 0 radical (unpaired) electrons. The van der Waals surface area contributed by atoms with Gasteiger partial charge in [0.25, 0.3) is 0 Å². The van der Waals surface area contributed by atoms with Gasteiger partial charge in [-0.05, 0) is 42.1 Å². The van der Waals surface area contributed by atoms with Crippen molar-refractivity contribution in [1.82, 2.24) is 4.90 Å². The van der Waals surface area contributed by atoms with Crippen molar-refractivity contribution in [3.05, 3.63) is 42.0 Å². The zero-order valence-corrected chi connectivity index (χ0v) is 12.7. The predicted octanol–water partition coefficient (Wildman–Crippen LogP) is 3.60. The third-order valence-electron chi connectivity index (χ3n) is 3.77. The Kier molecular flexibility index (Phi) is 4.18. The normalized spacial score (nSPS) is 21.5. The number of rotatable bonds is 3. The summed E-state index contributed by atoms with van der Waals surface area (Å²) in [6.45, 7) is 9.68.